The van der Waals surface area contributed by atoms with Gasteiger partial charge < -0.3 is 5.11 Å². The van der Waals surface area contributed by atoms with Crippen LogP contribution in [0.5, 0.6) is 0 Å². The van der Waals surface area contributed by atoms with Crippen molar-refractivity contribution in [1.29, 1.82) is 0 Å². The van der Waals surface area contributed by atoms with Crippen molar-refractivity contribution in [3.63, 3.8) is 0 Å². The third-order valence-electron chi connectivity index (χ3n) is 2.93. The van der Waals surface area contributed by atoms with Gasteiger partial charge in [0, 0.05) is 0 Å². The van der Waals surface area contributed by atoms with Crippen LogP contribution in [0, 0.1) is 5.92 Å². The zero-order valence-corrected chi connectivity index (χ0v) is 9.14. The van der Waals surface area contributed by atoms with Gasteiger partial charge in [-0.05, 0) is 45.4 Å². The Morgan fingerprint density at radius 1 is 1.31 bits per heavy atom. The normalized spacial score (nSPS) is 35.2. The van der Waals surface area contributed by atoms with E-state index in [0.29, 0.717) is 0 Å². The predicted molar refractivity (Wildman–Crippen MR) is 56.6 cm³/mol. The van der Waals surface area contributed by atoms with Gasteiger partial charge in [-0.2, -0.15) is 0 Å². The quantitative estimate of drug-likeness (QED) is 0.487. The number of rotatable bonds is 1. The summed E-state index contributed by atoms with van der Waals surface area (Å²) < 4.78 is 0. The van der Waals surface area contributed by atoms with Crippen molar-refractivity contribution in [2.24, 2.45) is 5.92 Å². The lowest BCUT2D eigenvalue weighted by atomic mass is 9.92. The molecule has 1 fully saturated rings. The van der Waals surface area contributed by atoms with Gasteiger partial charge in [-0.25, -0.2) is 0 Å². The highest BCUT2D eigenvalue weighted by molar-refractivity contribution is 5.07. The average molecular weight is 182 g/mol. The molecule has 1 N–H and O–H groups in total. The third kappa shape index (κ3) is 3.51. The Bertz CT molecular complexity index is 191. The van der Waals surface area contributed by atoms with E-state index < -0.39 is 5.60 Å². The number of hydrogen-bond donors (Lipinski definition) is 1. The van der Waals surface area contributed by atoms with E-state index in [1.165, 1.54) is 24.8 Å². The Morgan fingerprint density at radius 2 is 2.00 bits per heavy atom. The van der Waals surface area contributed by atoms with Crippen molar-refractivity contribution in [1.82, 2.24) is 0 Å². The smallest absolute Gasteiger partial charge is 0.0830 e. The molecule has 0 aliphatic heterocycles. The predicted octanol–water partition coefficient (Wildman–Crippen LogP) is 3.28. The first-order chi connectivity index (χ1) is 6.02. The highest BCUT2D eigenvalue weighted by atomic mass is 16.3. The zero-order valence-electron chi connectivity index (χ0n) is 9.14. The van der Waals surface area contributed by atoms with Crippen LogP contribution in [0.2, 0.25) is 0 Å². The van der Waals surface area contributed by atoms with Gasteiger partial charge in [0.25, 0.3) is 0 Å². The molecule has 0 aromatic heterocycles. The molecule has 0 saturated heterocycles. The summed E-state index contributed by atoms with van der Waals surface area (Å²) in [7, 11) is 0. The maximum atomic E-state index is 10.3. The molecular weight excluding hydrogens is 160 g/mol. The molecule has 1 heteroatoms. The number of hydrogen-bond acceptors (Lipinski definition) is 1. The van der Waals surface area contributed by atoms with E-state index in [4.69, 9.17) is 0 Å². The van der Waals surface area contributed by atoms with Crippen LogP contribution in [0.3, 0.4) is 0 Å². The van der Waals surface area contributed by atoms with Crippen LogP contribution in [0.4, 0.5) is 0 Å². The molecule has 0 radical (unpaired) electrons. The van der Waals surface area contributed by atoms with Crippen LogP contribution in [0.15, 0.2) is 11.6 Å². The van der Waals surface area contributed by atoms with Crippen LogP contribution in [-0.4, -0.2) is 10.7 Å². The van der Waals surface area contributed by atoms with Crippen LogP contribution in [0.25, 0.3) is 0 Å². The third-order valence-corrected chi connectivity index (χ3v) is 2.93. The molecule has 13 heavy (non-hydrogen) atoms. The molecule has 1 aliphatic carbocycles. The maximum absolute atomic E-state index is 10.3. The highest BCUT2D eigenvalue weighted by Gasteiger charge is 2.26. The van der Waals surface area contributed by atoms with Crippen molar-refractivity contribution in [3.8, 4) is 0 Å². The van der Waals surface area contributed by atoms with Gasteiger partial charge in [-0.1, -0.05) is 25.0 Å². The fourth-order valence-electron chi connectivity index (χ4n) is 2.20. The fourth-order valence-corrected chi connectivity index (χ4v) is 2.20. The molecule has 0 aromatic carbocycles. The number of allylic oxidation sites excluding steroid dienone is 1. The SMILES string of the molecule is CC(C)=CC1(O)CCCC(C)CC1. The van der Waals surface area contributed by atoms with Crippen molar-refractivity contribution >= 4 is 0 Å². The van der Waals surface area contributed by atoms with E-state index in [-0.39, 0.29) is 0 Å². The van der Waals surface area contributed by atoms with Gasteiger partial charge in [0.1, 0.15) is 0 Å². The zero-order chi connectivity index (χ0) is 9.90. The Morgan fingerprint density at radius 3 is 2.62 bits per heavy atom. The van der Waals surface area contributed by atoms with Gasteiger partial charge in [-0.3, -0.25) is 0 Å². The fraction of sp³-hybridized carbons (Fsp3) is 0.833. The van der Waals surface area contributed by atoms with E-state index in [0.717, 1.165) is 18.8 Å². The lowest BCUT2D eigenvalue weighted by molar-refractivity contribution is 0.0729. The second-order valence-corrected chi connectivity index (χ2v) is 4.86. The monoisotopic (exact) mass is 182 g/mol. The van der Waals surface area contributed by atoms with Gasteiger partial charge in [0.15, 0.2) is 0 Å². The van der Waals surface area contributed by atoms with Gasteiger partial charge in [0.05, 0.1) is 5.60 Å². The summed E-state index contributed by atoms with van der Waals surface area (Å²) in [6.07, 6.45) is 7.55. The maximum Gasteiger partial charge on any atom is 0.0830 e. The number of aliphatic hydroxyl groups is 1. The van der Waals surface area contributed by atoms with E-state index in [1.54, 1.807) is 0 Å². The van der Waals surface area contributed by atoms with Crippen LogP contribution in [0.1, 0.15) is 52.9 Å². The molecule has 0 aromatic rings. The van der Waals surface area contributed by atoms with Gasteiger partial charge >= 0.3 is 0 Å². The molecule has 0 heterocycles. The van der Waals surface area contributed by atoms with E-state index in [1.807, 2.05) is 6.08 Å². The Kier molecular flexibility index (Phi) is 3.55. The lowest BCUT2D eigenvalue weighted by Gasteiger charge is -2.23. The minimum atomic E-state index is -0.496. The molecule has 2 atom stereocenters. The topological polar surface area (TPSA) is 20.2 Å². The largest absolute Gasteiger partial charge is 0.386 e. The first kappa shape index (κ1) is 10.8. The average Bonchev–Trinajstić information content (AvgIpc) is 2.12. The van der Waals surface area contributed by atoms with E-state index >= 15 is 0 Å². The summed E-state index contributed by atoms with van der Waals surface area (Å²) in [6.45, 7) is 6.41. The molecule has 0 bridgehead atoms. The van der Waals surface area contributed by atoms with Gasteiger partial charge in [0.2, 0.25) is 0 Å². The summed E-state index contributed by atoms with van der Waals surface area (Å²) in [4.78, 5) is 0. The molecule has 2 unspecified atom stereocenters. The van der Waals surface area contributed by atoms with Crippen molar-refractivity contribution in [2.75, 3.05) is 0 Å². The van der Waals surface area contributed by atoms with Crippen molar-refractivity contribution in [2.45, 2.75) is 58.5 Å². The minimum Gasteiger partial charge on any atom is -0.386 e. The summed E-state index contributed by atoms with van der Waals surface area (Å²) in [5, 5.41) is 10.3. The Balaban J connectivity index is 2.62. The summed E-state index contributed by atoms with van der Waals surface area (Å²) >= 11 is 0. The Labute approximate surface area is 81.9 Å². The molecule has 1 nitrogen and oxygen atoms in total. The van der Waals surface area contributed by atoms with E-state index in [2.05, 4.69) is 20.8 Å². The second kappa shape index (κ2) is 4.28. The van der Waals surface area contributed by atoms with Crippen LogP contribution in [-0.2, 0) is 0 Å². The second-order valence-electron chi connectivity index (χ2n) is 4.86. The highest BCUT2D eigenvalue weighted by Crippen LogP contribution is 2.31. The molecule has 1 aliphatic rings. The first-order valence-electron chi connectivity index (χ1n) is 5.40. The summed E-state index contributed by atoms with van der Waals surface area (Å²) in [5.74, 6) is 0.791. The van der Waals surface area contributed by atoms with Crippen molar-refractivity contribution in [3.05, 3.63) is 11.6 Å². The standard InChI is InChI=1S/C12H22O/c1-10(2)9-12(13)7-4-5-11(3)6-8-12/h9,11,13H,4-8H2,1-3H3. The molecule has 1 saturated carbocycles. The minimum absolute atomic E-state index is 0.496. The Hall–Kier alpha value is -0.300. The van der Waals surface area contributed by atoms with Crippen LogP contribution >= 0.6 is 0 Å². The van der Waals surface area contributed by atoms with Gasteiger partial charge in [-0.15, -0.1) is 0 Å². The summed E-state index contributed by atoms with van der Waals surface area (Å²) in [6, 6.07) is 0. The first-order valence-corrected chi connectivity index (χ1v) is 5.40. The molecule has 1 rings (SSSR count). The van der Waals surface area contributed by atoms with Crippen molar-refractivity contribution < 1.29 is 5.11 Å². The molecule has 0 spiro atoms. The van der Waals surface area contributed by atoms with Crippen LogP contribution < -0.4 is 0 Å². The van der Waals surface area contributed by atoms with E-state index in [9.17, 15) is 5.11 Å². The molecule has 76 valence electrons. The molecule has 0 amide bonds. The lowest BCUT2D eigenvalue weighted by Crippen LogP contribution is -2.25. The molecular formula is C12H22O. The summed E-state index contributed by atoms with van der Waals surface area (Å²) in [5.41, 5.74) is 0.737.